The van der Waals surface area contributed by atoms with Crippen LogP contribution in [-0.2, 0) is 6.54 Å². The molecule has 5 nitrogen and oxygen atoms in total. The van der Waals surface area contributed by atoms with E-state index in [2.05, 4.69) is 10.3 Å². The molecule has 0 spiro atoms. The predicted octanol–water partition coefficient (Wildman–Crippen LogP) is 2.29. The summed E-state index contributed by atoms with van der Waals surface area (Å²) in [5.74, 6) is 1.95. The Labute approximate surface area is 112 Å². The Balaban J connectivity index is 2.05. The highest BCUT2D eigenvalue weighted by Crippen LogP contribution is 2.27. The lowest BCUT2D eigenvalue weighted by molar-refractivity contribution is 0.354. The van der Waals surface area contributed by atoms with E-state index in [-0.39, 0.29) is 0 Å². The van der Waals surface area contributed by atoms with E-state index in [4.69, 9.17) is 15.2 Å². The van der Waals surface area contributed by atoms with Crippen LogP contribution in [0, 0.1) is 0 Å². The molecule has 3 N–H and O–H groups in total. The van der Waals surface area contributed by atoms with Gasteiger partial charge in [-0.15, -0.1) is 0 Å². The molecular weight excluding hydrogens is 242 g/mol. The van der Waals surface area contributed by atoms with Crippen LogP contribution in [0.25, 0.3) is 0 Å². The molecule has 0 amide bonds. The lowest BCUT2D eigenvalue weighted by Gasteiger charge is -2.10. The average molecular weight is 259 g/mol. The number of anilines is 2. The zero-order valence-electron chi connectivity index (χ0n) is 11.0. The molecule has 0 aliphatic carbocycles. The standard InChI is InChI=1S/C14H17N3O2/c1-18-12-5-3-10(7-13(12)19-2)8-16-11-4-6-14(15)17-9-11/h3-7,9,16H,8H2,1-2H3,(H2,15,17). The van der Waals surface area contributed by atoms with Crippen LogP contribution in [0.1, 0.15) is 5.56 Å². The van der Waals surface area contributed by atoms with Crippen LogP contribution < -0.4 is 20.5 Å². The van der Waals surface area contributed by atoms with E-state index >= 15 is 0 Å². The second-order valence-corrected chi connectivity index (χ2v) is 4.01. The third-order valence-corrected chi connectivity index (χ3v) is 2.73. The SMILES string of the molecule is COc1ccc(CNc2ccc(N)nc2)cc1OC. The molecule has 19 heavy (non-hydrogen) atoms. The molecule has 100 valence electrons. The number of nitrogens with one attached hydrogen (secondary N) is 1. The van der Waals surface area contributed by atoms with Gasteiger partial charge in [0.25, 0.3) is 0 Å². The van der Waals surface area contributed by atoms with Crippen LogP contribution in [0.3, 0.4) is 0 Å². The van der Waals surface area contributed by atoms with Gasteiger partial charge in [-0.1, -0.05) is 6.07 Å². The second kappa shape index (κ2) is 5.95. The summed E-state index contributed by atoms with van der Waals surface area (Å²) in [7, 11) is 3.24. The first-order valence-electron chi connectivity index (χ1n) is 5.89. The predicted molar refractivity (Wildman–Crippen MR) is 75.5 cm³/mol. The van der Waals surface area contributed by atoms with E-state index in [0.29, 0.717) is 12.4 Å². The minimum Gasteiger partial charge on any atom is -0.493 e. The fraction of sp³-hybridized carbons (Fsp3) is 0.214. The highest BCUT2D eigenvalue weighted by molar-refractivity contribution is 5.47. The number of nitrogens with zero attached hydrogens (tertiary/aromatic N) is 1. The zero-order chi connectivity index (χ0) is 13.7. The molecule has 0 radical (unpaired) electrons. The van der Waals surface area contributed by atoms with Gasteiger partial charge in [0.05, 0.1) is 26.1 Å². The van der Waals surface area contributed by atoms with Crippen molar-refractivity contribution in [2.45, 2.75) is 6.54 Å². The van der Waals surface area contributed by atoms with Crippen LogP contribution in [0.2, 0.25) is 0 Å². The quantitative estimate of drug-likeness (QED) is 0.862. The topological polar surface area (TPSA) is 69.4 Å². The number of methoxy groups -OCH3 is 2. The van der Waals surface area contributed by atoms with Gasteiger partial charge in [-0.25, -0.2) is 4.98 Å². The molecule has 0 bridgehead atoms. The third kappa shape index (κ3) is 3.28. The van der Waals surface area contributed by atoms with E-state index in [1.54, 1.807) is 26.5 Å². The Bertz CT molecular complexity index is 541. The van der Waals surface area contributed by atoms with Crippen molar-refractivity contribution in [3.8, 4) is 11.5 Å². The number of pyridine rings is 1. The Kier molecular flexibility index (Phi) is 4.07. The minimum absolute atomic E-state index is 0.511. The fourth-order valence-corrected chi connectivity index (χ4v) is 1.70. The number of hydrogen-bond donors (Lipinski definition) is 2. The van der Waals surface area contributed by atoms with Crippen LogP contribution in [0.4, 0.5) is 11.5 Å². The lowest BCUT2D eigenvalue weighted by Crippen LogP contribution is -2.01. The van der Waals surface area contributed by atoms with Crippen molar-refractivity contribution < 1.29 is 9.47 Å². The Hall–Kier alpha value is -2.43. The average Bonchev–Trinajstić information content (AvgIpc) is 2.46. The van der Waals surface area contributed by atoms with Crippen LogP contribution in [0.5, 0.6) is 11.5 Å². The molecule has 5 heteroatoms. The van der Waals surface area contributed by atoms with Gasteiger partial charge in [0.1, 0.15) is 5.82 Å². The summed E-state index contributed by atoms with van der Waals surface area (Å²) < 4.78 is 10.5. The number of rotatable bonds is 5. The van der Waals surface area contributed by atoms with Crippen LogP contribution >= 0.6 is 0 Å². The number of ether oxygens (including phenoxy) is 2. The summed E-state index contributed by atoms with van der Waals surface area (Å²) in [5, 5.41) is 3.26. The Morgan fingerprint density at radius 1 is 1.11 bits per heavy atom. The second-order valence-electron chi connectivity index (χ2n) is 4.01. The molecule has 2 aromatic rings. The summed E-state index contributed by atoms with van der Waals surface area (Å²) >= 11 is 0. The van der Waals surface area contributed by atoms with E-state index in [1.165, 1.54) is 0 Å². The van der Waals surface area contributed by atoms with Crippen molar-refractivity contribution in [3.63, 3.8) is 0 Å². The molecule has 1 heterocycles. The first-order chi connectivity index (χ1) is 9.22. The van der Waals surface area contributed by atoms with E-state index < -0.39 is 0 Å². The van der Waals surface area contributed by atoms with Crippen molar-refractivity contribution in [3.05, 3.63) is 42.1 Å². The van der Waals surface area contributed by atoms with Gasteiger partial charge in [-0.3, -0.25) is 0 Å². The molecule has 1 aromatic carbocycles. The minimum atomic E-state index is 0.511. The van der Waals surface area contributed by atoms with Crippen LogP contribution in [-0.4, -0.2) is 19.2 Å². The normalized spacial score (nSPS) is 10.0. The van der Waals surface area contributed by atoms with Gasteiger partial charge in [0.2, 0.25) is 0 Å². The van der Waals surface area contributed by atoms with Crippen molar-refractivity contribution >= 4 is 11.5 Å². The Morgan fingerprint density at radius 3 is 2.53 bits per heavy atom. The van der Waals surface area contributed by atoms with Gasteiger partial charge < -0.3 is 20.5 Å². The molecular formula is C14H17N3O2. The number of nitrogens with two attached hydrogens (primary N) is 1. The summed E-state index contributed by atoms with van der Waals surface area (Å²) in [6, 6.07) is 9.47. The largest absolute Gasteiger partial charge is 0.493 e. The van der Waals surface area contributed by atoms with E-state index in [1.807, 2.05) is 24.3 Å². The molecule has 0 aliphatic heterocycles. The molecule has 0 atom stereocenters. The summed E-state index contributed by atoms with van der Waals surface area (Å²) in [6.07, 6.45) is 1.70. The first-order valence-corrected chi connectivity index (χ1v) is 5.89. The van der Waals surface area contributed by atoms with Crippen LogP contribution in [0.15, 0.2) is 36.5 Å². The summed E-state index contributed by atoms with van der Waals surface area (Å²) in [6.45, 7) is 0.673. The van der Waals surface area contributed by atoms with Gasteiger partial charge in [-0.2, -0.15) is 0 Å². The number of benzene rings is 1. The zero-order valence-corrected chi connectivity index (χ0v) is 11.0. The van der Waals surface area contributed by atoms with Crippen molar-refractivity contribution in [1.82, 2.24) is 4.98 Å². The molecule has 0 saturated carbocycles. The lowest BCUT2D eigenvalue weighted by atomic mass is 10.2. The number of hydrogen-bond acceptors (Lipinski definition) is 5. The summed E-state index contributed by atoms with van der Waals surface area (Å²) in [5.41, 5.74) is 7.55. The molecule has 2 rings (SSSR count). The maximum Gasteiger partial charge on any atom is 0.161 e. The van der Waals surface area contributed by atoms with Gasteiger partial charge in [0, 0.05) is 6.54 Å². The van der Waals surface area contributed by atoms with Gasteiger partial charge in [-0.05, 0) is 29.8 Å². The Morgan fingerprint density at radius 2 is 1.89 bits per heavy atom. The number of nitrogen functional groups attached to an aromatic ring is 1. The maximum absolute atomic E-state index is 5.53. The van der Waals surface area contributed by atoms with Gasteiger partial charge in [0.15, 0.2) is 11.5 Å². The van der Waals surface area contributed by atoms with Gasteiger partial charge >= 0.3 is 0 Å². The van der Waals surface area contributed by atoms with E-state index in [0.717, 1.165) is 22.7 Å². The maximum atomic E-state index is 5.53. The summed E-state index contributed by atoms with van der Waals surface area (Å²) in [4.78, 5) is 4.02. The fourth-order valence-electron chi connectivity index (χ4n) is 1.70. The molecule has 0 unspecified atom stereocenters. The first kappa shape index (κ1) is 13.0. The monoisotopic (exact) mass is 259 g/mol. The highest BCUT2D eigenvalue weighted by Gasteiger charge is 2.04. The smallest absolute Gasteiger partial charge is 0.161 e. The molecule has 0 fully saturated rings. The number of aromatic nitrogens is 1. The molecule has 0 aliphatic rings. The molecule has 1 aromatic heterocycles. The van der Waals surface area contributed by atoms with Crippen molar-refractivity contribution in [1.29, 1.82) is 0 Å². The molecule has 0 saturated heterocycles. The van der Waals surface area contributed by atoms with E-state index in [9.17, 15) is 0 Å². The highest BCUT2D eigenvalue weighted by atomic mass is 16.5. The van der Waals surface area contributed by atoms with Crippen molar-refractivity contribution in [2.75, 3.05) is 25.3 Å². The third-order valence-electron chi connectivity index (χ3n) is 2.73. The van der Waals surface area contributed by atoms with Crippen molar-refractivity contribution in [2.24, 2.45) is 0 Å².